The van der Waals surface area contributed by atoms with Gasteiger partial charge in [0, 0.05) is 24.0 Å². The van der Waals surface area contributed by atoms with Crippen molar-refractivity contribution in [2.75, 3.05) is 11.9 Å². The molecule has 1 aromatic rings. The summed E-state index contributed by atoms with van der Waals surface area (Å²) in [6.07, 6.45) is 2.87. The molecule has 0 saturated carbocycles. The Morgan fingerprint density at radius 1 is 1.42 bits per heavy atom. The molecule has 1 aromatic carbocycles. The largest absolute Gasteiger partial charge is 0.402 e. The number of nitrogens with two attached hydrogens (primary N) is 1. The Hall–Kier alpha value is -2.18. The number of hydrogen-bond acceptors (Lipinski definition) is 5. The standard InChI is InChI=1S/C18H24N4O2/c1-10(2)14(19)8-15(20)18(23)22-12-5-3-11(4-6-12)17-16-7-13(24-17)9-21-16/h3-6,8,10,13,16-17,20-21H,7,9,19H2,1-2H3,(H,22,23)/t13-,16-,17+/m1/s1. The Bertz CT molecular complexity index is 666. The van der Waals surface area contributed by atoms with Crippen LogP contribution in [0, 0.1) is 11.3 Å². The summed E-state index contributed by atoms with van der Waals surface area (Å²) in [7, 11) is 0. The molecule has 2 bridgehead atoms. The molecule has 0 aromatic heterocycles. The first-order chi connectivity index (χ1) is 11.4. The number of fused-ring (bicyclic) bond motifs is 2. The van der Waals surface area contributed by atoms with E-state index in [1.165, 1.54) is 6.08 Å². The van der Waals surface area contributed by atoms with Gasteiger partial charge in [-0.05, 0) is 36.1 Å². The van der Waals surface area contributed by atoms with E-state index in [2.05, 4.69) is 10.6 Å². The van der Waals surface area contributed by atoms with Crippen molar-refractivity contribution in [2.24, 2.45) is 11.7 Å². The lowest BCUT2D eigenvalue weighted by Gasteiger charge is -2.23. The van der Waals surface area contributed by atoms with Crippen LogP contribution >= 0.6 is 0 Å². The van der Waals surface area contributed by atoms with Crippen LogP contribution in [0.1, 0.15) is 31.9 Å². The highest BCUT2D eigenvalue weighted by Gasteiger charge is 2.41. The number of amides is 1. The van der Waals surface area contributed by atoms with Crippen LogP contribution in [0.2, 0.25) is 0 Å². The van der Waals surface area contributed by atoms with Gasteiger partial charge in [-0.2, -0.15) is 0 Å². The second kappa shape index (κ2) is 6.75. The molecule has 128 valence electrons. The van der Waals surface area contributed by atoms with Crippen molar-refractivity contribution < 1.29 is 9.53 Å². The summed E-state index contributed by atoms with van der Waals surface area (Å²) in [5.74, 6) is -0.364. The fraction of sp³-hybridized carbons (Fsp3) is 0.444. The number of carbonyl (C=O) groups excluding carboxylic acids is 1. The predicted molar refractivity (Wildman–Crippen MR) is 93.9 cm³/mol. The molecule has 2 aliphatic heterocycles. The minimum absolute atomic E-state index is 0.0839. The SMILES string of the molecule is CC(C)C(N)=CC(=N)C(=O)Nc1ccc([C@@H]2O[C@H]3CN[C@@H]2C3)cc1. The molecule has 1 amide bonds. The molecule has 6 nitrogen and oxygen atoms in total. The van der Waals surface area contributed by atoms with Gasteiger partial charge in [0.15, 0.2) is 0 Å². The molecule has 5 N–H and O–H groups in total. The van der Waals surface area contributed by atoms with Crippen molar-refractivity contribution in [1.82, 2.24) is 5.32 Å². The summed E-state index contributed by atoms with van der Waals surface area (Å²) in [5.41, 5.74) is 7.92. The second-order valence-electron chi connectivity index (χ2n) is 6.72. The first-order valence-corrected chi connectivity index (χ1v) is 8.30. The lowest BCUT2D eigenvalue weighted by atomic mass is 10.0. The van der Waals surface area contributed by atoms with Crippen molar-refractivity contribution in [3.63, 3.8) is 0 Å². The quantitative estimate of drug-likeness (QED) is 0.621. The predicted octanol–water partition coefficient (Wildman–Crippen LogP) is 1.95. The van der Waals surface area contributed by atoms with Gasteiger partial charge < -0.3 is 21.1 Å². The number of benzene rings is 1. The van der Waals surface area contributed by atoms with E-state index in [-0.39, 0.29) is 17.7 Å². The third-order valence-corrected chi connectivity index (χ3v) is 4.55. The van der Waals surface area contributed by atoms with Gasteiger partial charge in [-0.25, -0.2) is 0 Å². The van der Waals surface area contributed by atoms with Crippen molar-refractivity contribution >= 4 is 17.3 Å². The van der Waals surface area contributed by atoms with E-state index in [9.17, 15) is 4.79 Å². The van der Waals surface area contributed by atoms with Crippen molar-refractivity contribution in [3.8, 4) is 0 Å². The molecule has 2 heterocycles. The van der Waals surface area contributed by atoms with E-state index in [1.807, 2.05) is 38.1 Å². The molecule has 6 heteroatoms. The van der Waals surface area contributed by atoms with Crippen LogP contribution in [0.25, 0.3) is 0 Å². The average Bonchev–Trinajstić information content (AvgIpc) is 3.18. The summed E-state index contributed by atoms with van der Waals surface area (Å²) in [4.78, 5) is 12.0. The number of ether oxygens (including phenoxy) is 1. The van der Waals surface area contributed by atoms with Crippen LogP contribution < -0.4 is 16.4 Å². The van der Waals surface area contributed by atoms with Gasteiger partial charge in [0.1, 0.15) is 5.71 Å². The Balaban J connectivity index is 1.61. The highest BCUT2D eigenvalue weighted by Crippen LogP contribution is 2.36. The van der Waals surface area contributed by atoms with E-state index in [4.69, 9.17) is 15.9 Å². The fourth-order valence-corrected chi connectivity index (χ4v) is 3.03. The number of morpholine rings is 1. The minimum Gasteiger partial charge on any atom is -0.402 e. The fourth-order valence-electron chi connectivity index (χ4n) is 3.03. The maximum absolute atomic E-state index is 12.0. The first-order valence-electron chi connectivity index (χ1n) is 8.30. The molecule has 24 heavy (non-hydrogen) atoms. The lowest BCUT2D eigenvalue weighted by molar-refractivity contribution is -0.110. The van der Waals surface area contributed by atoms with Crippen LogP contribution in [0.3, 0.4) is 0 Å². The highest BCUT2D eigenvalue weighted by atomic mass is 16.5. The van der Waals surface area contributed by atoms with E-state index in [0.717, 1.165) is 18.5 Å². The van der Waals surface area contributed by atoms with Crippen molar-refractivity contribution in [1.29, 1.82) is 5.41 Å². The molecule has 2 aliphatic rings. The molecule has 2 saturated heterocycles. The Kier molecular flexibility index (Phi) is 4.69. The van der Waals surface area contributed by atoms with Gasteiger partial charge in [0.25, 0.3) is 5.91 Å². The normalized spacial score (nSPS) is 26.0. The lowest BCUT2D eigenvalue weighted by Crippen LogP contribution is -2.33. The number of anilines is 1. The summed E-state index contributed by atoms with van der Waals surface area (Å²) < 4.78 is 5.97. The van der Waals surface area contributed by atoms with Crippen molar-refractivity contribution in [2.45, 2.75) is 38.5 Å². The van der Waals surface area contributed by atoms with Gasteiger partial charge in [-0.15, -0.1) is 0 Å². The number of hydrogen-bond donors (Lipinski definition) is 4. The van der Waals surface area contributed by atoms with Gasteiger partial charge in [0.2, 0.25) is 0 Å². The highest BCUT2D eigenvalue weighted by molar-refractivity contribution is 6.46. The smallest absolute Gasteiger partial charge is 0.273 e. The molecule has 3 rings (SSSR count). The minimum atomic E-state index is -0.468. The van der Waals surface area contributed by atoms with Crippen LogP contribution in [-0.4, -0.2) is 30.3 Å². The third-order valence-electron chi connectivity index (χ3n) is 4.55. The van der Waals surface area contributed by atoms with Crippen molar-refractivity contribution in [3.05, 3.63) is 41.6 Å². The third kappa shape index (κ3) is 3.49. The molecule has 0 spiro atoms. The maximum Gasteiger partial charge on any atom is 0.273 e. The van der Waals surface area contributed by atoms with Gasteiger partial charge in [0.05, 0.1) is 12.2 Å². The van der Waals surface area contributed by atoms with Crippen LogP contribution in [0.15, 0.2) is 36.0 Å². The Morgan fingerprint density at radius 3 is 2.67 bits per heavy atom. The average molecular weight is 328 g/mol. The molecular weight excluding hydrogens is 304 g/mol. The van der Waals surface area contributed by atoms with Crippen LogP contribution in [0.5, 0.6) is 0 Å². The monoisotopic (exact) mass is 328 g/mol. The summed E-state index contributed by atoms with van der Waals surface area (Å²) in [6, 6.07) is 7.99. The second-order valence-corrected chi connectivity index (χ2v) is 6.72. The summed E-state index contributed by atoms with van der Waals surface area (Å²) in [6.45, 7) is 4.77. The van der Waals surface area contributed by atoms with E-state index in [1.54, 1.807) is 0 Å². The zero-order valence-corrected chi connectivity index (χ0v) is 14.0. The molecule has 0 aliphatic carbocycles. The van der Waals surface area contributed by atoms with E-state index in [0.29, 0.717) is 23.5 Å². The van der Waals surface area contributed by atoms with E-state index < -0.39 is 5.91 Å². The number of rotatable bonds is 5. The van der Waals surface area contributed by atoms with Gasteiger partial charge >= 0.3 is 0 Å². The zero-order chi connectivity index (χ0) is 17.3. The molecule has 2 fully saturated rings. The maximum atomic E-state index is 12.0. The molecule has 0 radical (unpaired) electrons. The Labute approximate surface area is 142 Å². The molecule has 0 unspecified atom stereocenters. The number of carbonyl (C=O) groups is 1. The van der Waals surface area contributed by atoms with Crippen LogP contribution in [0.4, 0.5) is 5.69 Å². The Morgan fingerprint density at radius 2 is 2.12 bits per heavy atom. The summed E-state index contributed by atoms with van der Waals surface area (Å²) >= 11 is 0. The van der Waals surface area contributed by atoms with Gasteiger partial charge in [-0.3, -0.25) is 10.2 Å². The molecular formula is C18H24N4O2. The molecule has 3 atom stereocenters. The number of allylic oxidation sites excluding steroid dienone is 1. The summed E-state index contributed by atoms with van der Waals surface area (Å²) in [5, 5.41) is 14.0. The van der Waals surface area contributed by atoms with Crippen LogP contribution in [-0.2, 0) is 9.53 Å². The number of nitrogens with one attached hydrogen (secondary N) is 3. The van der Waals surface area contributed by atoms with Gasteiger partial charge in [-0.1, -0.05) is 26.0 Å². The first kappa shape index (κ1) is 16.7. The zero-order valence-electron chi connectivity index (χ0n) is 14.0. The topological polar surface area (TPSA) is 100 Å². The van der Waals surface area contributed by atoms with E-state index >= 15 is 0 Å².